The lowest BCUT2D eigenvalue weighted by molar-refractivity contribution is 0.646. The summed E-state index contributed by atoms with van der Waals surface area (Å²) < 4.78 is 1.86. The predicted octanol–water partition coefficient (Wildman–Crippen LogP) is 2.90. The number of nitrogens with two attached hydrogens (primary N) is 1. The van der Waals surface area contributed by atoms with Crippen molar-refractivity contribution in [1.82, 2.24) is 14.8 Å². The van der Waals surface area contributed by atoms with Gasteiger partial charge in [0.2, 0.25) is 0 Å². The number of halogens is 1. The van der Waals surface area contributed by atoms with Gasteiger partial charge < -0.3 is 10.3 Å². The largest absolute Gasteiger partial charge is 0.327 e. The van der Waals surface area contributed by atoms with E-state index < -0.39 is 0 Å². The minimum atomic E-state index is 0.188. The smallest absolute Gasteiger partial charge is 0.195 e. The van der Waals surface area contributed by atoms with Crippen LogP contribution in [0.5, 0.6) is 0 Å². The average Bonchev–Trinajstić information content (AvgIpc) is 2.78. The van der Waals surface area contributed by atoms with Gasteiger partial charge >= 0.3 is 0 Å². The minimum Gasteiger partial charge on any atom is -0.327 e. The standard InChI is InChI=1S/C13H17ClN4S/c1-3-10(15)6-9-4-5-12(11(14)7-9)19-13-17-16-8-18(13)2/h4-5,7-8,10H,3,6,15H2,1-2H3. The Morgan fingerprint density at radius 3 is 2.84 bits per heavy atom. The first kappa shape index (κ1) is 14.4. The molecule has 1 atom stereocenters. The summed E-state index contributed by atoms with van der Waals surface area (Å²) in [5.41, 5.74) is 7.12. The van der Waals surface area contributed by atoms with Crippen molar-refractivity contribution in [2.24, 2.45) is 12.8 Å². The molecule has 0 aliphatic carbocycles. The van der Waals surface area contributed by atoms with Crippen LogP contribution in [0.2, 0.25) is 5.02 Å². The number of hydrogen-bond acceptors (Lipinski definition) is 4. The quantitative estimate of drug-likeness (QED) is 0.922. The van der Waals surface area contributed by atoms with Crippen molar-refractivity contribution in [3.8, 4) is 0 Å². The zero-order valence-corrected chi connectivity index (χ0v) is 12.6. The molecule has 19 heavy (non-hydrogen) atoms. The van der Waals surface area contributed by atoms with Crippen LogP contribution in [0, 0.1) is 0 Å². The summed E-state index contributed by atoms with van der Waals surface area (Å²) in [6.07, 6.45) is 3.49. The molecule has 0 aliphatic rings. The molecule has 2 N–H and O–H groups in total. The van der Waals surface area contributed by atoms with E-state index in [4.69, 9.17) is 17.3 Å². The molecule has 0 amide bonds. The number of hydrogen-bond donors (Lipinski definition) is 1. The van der Waals surface area contributed by atoms with Gasteiger partial charge in [-0.3, -0.25) is 0 Å². The second-order valence-corrected chi connectivity index (χ2v) is 5.88. The second-order valence-electron chi connectivity index (χ2n) is 4.46. The summed E-state index contributed by atoms with van der Waals surface area (Å²) in [4.78, 5) is 0.978. The van der Waals surface area contributed by atoms with Gasteiger partial charge in [-0.05, 0) is 42.3 Å². The maximum absolute atomic E-state index is 6.31. The van der Waals surface area contributed by atoms with Gasteiger partial charge in [0.05, 0.1) is 5.02 Å². The molecular formula is C13H17ClN4S. The summed E-state index contributed by atoms with van der Waals surface area (Å²) in [7, 11) is 1.91. The van der Waals surface area contributed by atoms with Gasteiger partial charge in [-0.15, -0.1) is 10.2 Å². The first-order valence-electron chi connectivity index (χ1n) is 6.16. The monoisotopic (exact) mass is 296 g/mol. The number of rotatable bonds is 5. The normalized spacial score (nSPS) is 12.6. The van der Waals surface area contributed by atoms with E-state index in [0.717, 1.165) is 27.9 Å². The second kappa shape index (κ2) is 6.41. The van der Waals surface area contributed by atoms with E-state index in [0.29, 0.717) is 0 Å². The van der Waals surface area contributed by atoms with Gasteiger partial charge in [0.15, 0.2) is 5.16 Å². The molecule has 6 heteroatoms. The molecule has 0 bridgehead atoms. The van der Waals surface area contributed by atoms with Crippen LogP contribution in [0.4, 0.5) is 0 Å². The van der Waals surface area contributed by atoms with Crippen molar-refractivity contribution in [3.05, 3.63) is 35.1 Å². The van der Waals surface area contributed by atoms with Crippen LogP contribution >= 0.6 is 23.4 Å². The van der Waals surface area contributed by atoms with E-state index in [1.54, 1.807) is 6.33 Å². The maximum atomic E-state index is 6.31. The number of benzene rings is 1. The molecule has 1 heterocycles. The van der Waals surface area contributed by atoms with E-state index in [-0.39, 0.29) is 6.04 Å². The molecule has 2 aromatic rings. The van der Waals surface area contributed by atoms with Gasteiger partial charge in [0.25, 0.3) is 0 Å². The molecular weight excluding hydrogens is 280 g/mol. The summed E-state index contributed by atoms with van der Waals surface area (Å²) in [5.74, 6) is 0. The lowest BCUT2D eigenvalue weighted by Crippen LogP contribution is -2.21. The Hall–Kier alpha value is -1.04. The van der Waals surface area contributed by atoms with Crippen molar-refractivity contribution in [2.45, 2.75) is 35.9 Å². The van der Waals surface area contributed by atoms with Crippen LogP contribution in [0.3, 0.4) is 0 Å². The fraction of sp³-hybridized carbons (Fsp3) is 0.385. The molecule has 1 aromatic heterocycles. The molecule has 0 saturated heterocycles. The summed E-state index contributed by atoms with van der Waals surface area (Å²) in [6.45, 7) is 2.09. The molecule has 0 saturated carbocycles. The highest BCUT2D eigenvalue weighted by atomic mass is 35.5. The zero-order chi connectivity index (χ0) is 13.8. The Morgan fingerprint density at radius 2 is 2.26 bits per heavy atom. The fourth-order valence-electron chi connectivity index (χ4n) is 1.66. The third-order valence-corrected chi connectivity index (χ3v) is 4.44. The Morgan fingerprint density at radius 1 is 1.47 bits per heavy atom. The van der Waals surface area contributed by atoms with Gasteiger partial charge in [-0.1, -0.05) is 24.6 Å². The first-order chi connectivity index (χ1) is 9.10. The number of aromatic nitrogens is 3. The molecule has 4 nitrogen and oxygen atoms in total. The van der Waals surface area contributed by atoms with Crippen molar-refractivity contribution in [3.63, 3.8) is 0 Å². The Labute approximate surface area is 122 Å². The van der Waals surface area contributed by atoms with Gasteiger partial charge in [0.1, 0.15) is 6.33 Å². The van der Waals surface area contributed by atoms with Gasteiger partial charge in [0, 0.05) is 18.0 Å². The lowest BCUT2D eigenvalue weighted by atomic mass is 10.1. The summed E-state index contributed by atoms with van der Waals surface area (Å²) >= 11 is 7.81. The van der Waals surface area contributed by atoms with Gasteiger partial charge in [-0.2, -0.15) is 0 Å². The first-order valence-corrected chi connectivity index (χ1v) is 7.35. The van der Waals surface area contributed by atoms with Crippen molar-refractivity contribution in [1.29, 1.82) is 0 Å². The Kier molecular flexibility index (Phi) is 4.85. The highest BCUT2D eigenvalue weighted by molar-refractivity contribution is 7.99. The van der Waals surface area contributed by atoms with Crippen LogP contribution in [0.15, 0.2) is 34.6 Å². The van der Waals surface area contributed by atoms with Gasteiger partial charge in [-0.25, -0.2) is 0 Å². The third kappa shape index (κ3) is 3.72. The third-order valence-electron chi connectivity index (χ3n) is 2.89. The molecule has 1 unspecified atom stereocenters. The zero-order valence-electron chi connectivity index (χ0n) is 11.0. The minimum absolute atomic E-state index is 0.188. The van der Waals surface area contributed by atoms with E-state index in [9.17, 15) is 0 Å². The highest BCUT2D eigenvalue weighted by Crippen LogP contribution is 2.32. The molecule has 0 fully saturated rings. The number of aryl methyl sites for hydroxylation is 1. The van der Waals surface area contributed by atoms with Crippen molar-refractivity contribution in [2.75, 3.05) is 0 Å². The maximum Gasteiger partial charge on any atom is 0.195 e. The van der Waals surface area contributed by atoms with Crippen molar-refractivity contribution < 1.29 is 0 Å². The fourth-order valence-corrected chi connectivity index (χ4v) is 2.75. The SMILES string of the molecule is CCC(N)Cc1ccc(Sc2nncn2C)c(Cl)c1. The van der Waals surface area contributed by atoms with Crippen LogP contribution in [0.25, 0.3) is 0 Å². The average molecular weight is 297 g/mol. The Bertz CT molecular complexity index is 555. The molecule has 1 aromatic carbocycles. The molecule has 0 spiro atoms. The highest BCUT2D eigenvalue weighted by Gasteiger charge is 2.09. The molecule has 0 radical (unpaired) electrons. The molecule has 102 valence electrons. The van der Waals surface area contributed by atoms with E-state index >= 15 is 0 Å². The predicted molar refractivity (Wildman–Crippen MR) is 78.5 cm³/mol. The number of nitrogens with zero attached hydrogens (tertiary/aromatic N) is 3. The van der Waals surface area contributed by atoms with E-state index in [1.807, 2.05) is 23.7 Å². The molecule has 0 aliphatic heterocycles. The van der Waals surface area contributed by atoms with Crippen molar-refractivity contribution >= 4 is 23.4 Å². The lowest BCUT2D eigenvalue weighted by Gasteiger charge is -2.10. The summed E-state index contributed by atoms with van der Waals surface area (Å²) in [6, 6.07) is 6.25. The van der Waals surface area contributed by atoms with Crippen LogP contribution < -0.4 is 5.73 Å². The molecule has 2 rings (SSSR count). The topological polar surface area (TPSA) is 56.7 Å². The van der Waals surface area contributed by atoms with E-state index in [1.165, 1.54) is 17.3 Å². The van der Waals surface area contributed by atoms with Crippen LogP contribution in [-0.2, 0) is 13.5 Å². The van der Waals surface area contributed by atoms with Crippen LogP contribution in [-0.4, -0.2) is 20.8 Å². The van der Waals surface area contributed by atoms with E-state index in [2.05, 4.69) is 23.2 Å². The summed E-state index contributed by atoms with van der Waals surface area (Å²) in [5, 5.41) is 9.43. The Balaban J connectivity index is 2.13. The van der Waals surface area contributed by atoms with Crippen LogP contribution in [0.1, 0.15) is 18.9 Å².